The monoisotopic (exact) mass is 443 g/mol. The van der Waals surface area contributed by atoms with Crippen LogP contribution in [0.2, 0.25) is 0 Å². The van der Waals surface area contributed by atoms with Crippen LogP contribution in [0.1, 0.15) is 16.2 Å². The van der Waals surface area contributed by atoms with E-state index in [2.05, 4.69) is 36.5 Å². The molecule has 1 N–H and O–H groups in total. The molecule has 27 heavy (non-hydrogen) atoms. The molecule has 0 spiro atoms. The van der Waals surface area contributed by atoms with Crippen LogP contribution in [-0.2, 0) is 0 Å². The highest BCUT2D eigenvalue weighted by Gasteiger charge is 2.16. The lowest BCUT2D eigenvalue weighted by Crippen LogP contribution is -2.13. The first-order valence-corrected chi connectivity index (χ1v) is 9.61. The van der Waals surface area contributed by atoms with E-state index >= 15 is 0 Å². The summed E-state index contributed by atoms with van der Waals surface area (Å²) in [5.41, 5.74) is 1.96. The number of benzene rings is 2. The van der Waals surface area contributed by atoms with Gasteiger partial charge in [-0.2, -0.15) is 9.61 Å². The first kappa shape index (κ1) is 17.6. The van der Waals surface area contributed by atoms with Crippen molar-refractivity contribution in [3.05, 3.63) is 58.3 Å². The molecule has 0 saturated carbocycles. The van der Waals surface area contributed by atoms with E-state index in [-0.39, 0.29) is 5.91 Å². The molecule has 9 heteroatoms. The third-order valence-corrected chi connectivity index (χ3v) is 5.60. The fourth-order valence-electron chi connectivity index (χ4n) is 2.61. The first-order valence-electron chi connectivity index (χ1n) is 8.00. The van der Waals surface area contributed by atoms with Crippen LogP contribution in [0.25, 0.3) is 15.5 Å². The average Bonchev–Trinajstić information content (AvgIpc) is 3.24. The smallest absolute Gasteiger partial charge is 0.256 e. The van der Waals surface area contributed by atoms with Gasteiger partial charge in [-0.15, -0.1) is 10.2 Å². The van der Waals surface area contributed by atoms with Crippen LogP contribution in [0, 0.1) is 6.92 Å². The number of anilines is 1. The predicted molar refractivity (Wildman–Crippen MR) is 107 cm³/mol. The highest BCUT2D eigenvalue weighted by atomic mass is 79.9. The van der Waals surface area contributed by atoms with Gasteiger partial charge in [-0.3, -0.25) is 4.79 Å². The molecule has 1 amide bonds. The molecule has 0 atom stereocenters. The molecule has 0 fully saturated rings. The Morgan fingerprint density at radius 1 is 1.22 bits per heavy atom. The van der Waals surface area contributed by atoms with Gasteiger partial charge >= 0.3 is 0 Å². The van der Waals surface area contributed by atoms with E-state index in [1.54, 1.807) is 23.8 Å². The SMILES string of the molecule is COc1ccc(-c2nn3c(C)nnc3s2)cc1NC(=O)c1ccccc1Br. The second kappa shape index (κ2) is 7.09. The molecule has 4 rings (SSSR count). The molecule has 7 nitrogen and oxygen atoms in total. The molecule has 0 saturated heterocycles. The Kier molecular flexibility index (Phi) is 4.63. The Morgan fingerprint density at radius 3 is 2.78 bits per heavy atom. The number of nitrogens with zero attached hydrogens (tertiary/aromatic N) is 4. The van der Waals surface area contributed by atoms with Gasteiger partial charge in [0.05, 0.1) is 18.4 Å². The Hall–Kier alpha value is -2.78. The van der Waals surface area contributed by atoms with E-state index in [9.17, 15) is 4.79 Å². The van der Waals surface area contributed by atoms with Gasteiger partial charge in [0.15, 0.2) is 5.82 Å². The summed E-state index contributed by atoms with van der Waals surface area (Å²) < 4.78 is 7.82. The molecule has 136 valence electrons. The Morgan fingerprint density at radius 2 is 2.04 bits per heavy atom. The zero-order valence-corrected chi connectivity index (χ0v) is 16.8. The predicted octanol–water partition coefficient (Wildman–Crippen LogP) is 4.18. The molecular weight excluding hydrogens is 430 g/mol. The van der Waals surface area contributed by atoms with Crippen molar-refractivity contribution < 1.29 is 9.53 Å². The fraction of sp³-hybridized carbons (Fsp3) is 0.111. The quantitative estimate of drug-likeness (QED) is 0.511. The Balaban J connectivity index is 1.70. The third kappa shape index (κ3) is 3.31. The summed E-state index contributed by atoms with van der Waals surface area (Å²) in [5, 5.41) is 16.3. The molecule has 0 aliphatic rings. The maximum atomic E-state index is 12.7. The van der Waals surface area contributed by atoms with E-state index in [1.807, 2.05) is 37.3 Å². The number of halogens is 1. The van der Waals surface area contributed by atoms with Crippen molar-refractivity contribution in [2.24, 2.45) is 0 Å². The number of rotatable bonds is 4. The van der Waals surface area contributed by atoms with Crippen LogP contribution >= 0.6 is 27.3 Å². The number of hydrogen-bond acceptors (Lipinski definition) is 6. The summed E-state index contributed by atoms with van der Waals surface area (Å²) in [5.74, 6) is 1.06. The number of aromatic nitrogens is 4. The number of nitrogens with one attached hydrogen (secondary N) is 1. The maximum Gasteiger partial charge on any atom is 0.256 e. The molecule has 0 aliphatic carbocycles. The van der Waals surface area contributed by atoms with Crippen LogP contribution in [0.15, 0.2) is 46.9 Å². The number of methoxy groups -OCH3 is 1. The minimum absolute atomic E-state index is 0.230. The highest BCUT2D eigenvalue weighted by Crippen LogP contribution is 2.33. The molecule has 4 aromatic rings. The van der Waals surface area contributed by atoms with Gasteiger partial charge in [0.2, 0.25) is 4.96 Å². The normalized spacial score (nSPS) is 10.9. The molecule has 2 aromatic heterocycles. The number of hydrogen-bond donors (Lipinski definition) is 1. The van der Waals surface area contributed by atoms with E-state index in [0.717, 1.165) is 25.8 Å². The first-order chi connectivity index (χ1) is 13.1. The van der Waals surface area contributed by atoms with E-state index < -0.39 is 0 Å². The molecule has 0 unspecified atom stereocenters. The number of aryl methyl sites for hydroxylation is 1. The largest absolute Gasteiger partial charge is 0.495 e. The molecule has 0 bridgehead atoms. The van der Waals surface area contributed by atoms with Crippen molar-refractivity contribution in [1.82, 2.24) is 19.8 Å². The van der Waals surface area contributed by atoms with Crippen molar-refractivity contribution in [1.29, 1.82) is 0 Å². The van der Waals surface area contributed by atoms with Crippen molar-refractivity contribution in [2.45, 2.75) is 6.92 Å². The Bertz CT molecular complexity index is 1150. The summed E-state index contributed by atoms with van der Waals surface area (Å²) in [4.78, 5) is 13.4. The average molecular weight is 444 g/mol. The van der Waals surface area contributed by atoms with Gasteiger partial charge in [0, 0.05) is 10.0 Å². The number of carbonyl (C=O) groups is 1. The van der Waals surface area contributed by atoms with Crippen LogP contribution in [0.4, 0.5) is 5.69 Å². The van der Waals surface area contributed by atoms with Crippen molar-refractivity contribution in [3.63, 3.8) is 0 Å². The molecular formula is C18H14BrN5O2S. The number of amides is 1. The van der Waals surface area contributed by atoms with Crippen LogP contribution in [0.3, 0.4) is 0 Å². The maximum absolute atomic E-state index is 12.7. The van der Waals surface area contributed by atoms with Crippen LogP contribution in [0.5, 0.6) is 5.75 Å². The van der Waals surface area contributed by atoms with Crippen molar-refractivity contribution in [2.75, 3.05) is 12.4 Å². The van der Waals surface area contributed by atoms with Crippen LogP contribution < -0.4 is 10.1 Å². The minimum Gasteiger partial charge on any atom is -0.495 e. The van der Waals surface area contributed by atoms with Gasteiger partial charge in [-0.1, -0.05) is 23.5 Å². The van der Waals surface area contributed by atoms with Gasteiger partial charge in [-0.25, -0.2) is 0 Å². The zero-order chi connectivity index (χ0) is 19.0. The number of fused-ring (bicyclic) bond motifs is 1. The topological polar surface area (TPSA) is 81.4 Å². The molecule has 2 heterocycles. The second-order valence-electron chi connectivity index (χ2n) is 5.70. The number of carbonyl (C=O) groups excluding carboxylic acids is 1. The van der Waals surface area contributed by atoms with E-state index in [1.165, 1.54) is 11.3 Å². The molecule has 0 aliphatic heterocycles. The van der Waals surface area contributed by atoms with Gasteiger partial charge in [0.1, 0.15) is 10.8 Å². The number of ether oxygens (including phenoxy) is 1. The summed E-state index contributed by atoms with van der Waals surface area (Å²) in [7, 11) is 1.57. The third-order valence-electron chi connectivity index (χ3n) is 3.96. The van der Waals surface area contributed by atoms with E-state index in [0.29, 0.717) is 17.0 Å². The fourth-order valence-corrected chi connectivity index (χ4v) is 3.95. The zero-order valence-electron chi connectivity index (χ0n) is 14.4. The van der Waals surface area contributed by atoms with Crippen molar-refractivity contribution in [3.8, 4) is 16.3 Å². The molecule has 2 aromatic carbocycles. The summed E-state index contributed by atoms with van der Waals surface area (Å²) in [6.07, 6.45) is 0. The lowest BCUT2D eigenvalue weighted by atomic mass is 10.1. The standard InChI is InChI=1S/C18H14BrN5O2S/c1-10-21-22-18-24(10)23-17(27-18)11-7-8-15(26-2)14(9-11)20-16(25)12-5-3-4-6-13(12)19/h3-9H,1-2H3,(H,20,25). The lowest BCUT2D eigenvalue weighted by Gasteiger charge is -2.12. The molecule has 0 radical (unpaired) electrons. The minimum atomic E-state index is -0.230. The lowest BCUT2D eigenvalue weighted by molar-refractivity contribution is 0.102. The van der Waals surface area contributed by atoms with Crippen LogP contribution in [-0.4, -0.2) is 32.8 Å². The summed E-state index contributed by atoms with van der Waals surface area (Å²) in [6.45, 7) is 1.85. The van der Waals surface area contributed by atoms with E-state index in [4.69, 9.17) is 4.74 Å². The van der Waals surface area contributed by atoms with Crippen molar-refractivity contribution >= 4 is 43.8 Å². The second-order valence-corrected chi connectivity index (χ2v) is 7.51. The summed E-state index contributed by atoms with van der Waals surface area (Å²) in [6, 6.07) is 12.8. The summed E-state index contributed by atoms with van der Waals surface area (Å²) >= 11 is 4.83. The Labute approximate surface area is 167 Å². The highest BCUT2D eigenvalue weighted by molar-refractivity contribution is 9.10. The van der Waals surface area contributed by atoms with Gasteiger partial charge in [-0.05, 0) is 53.2 Å². The van der Waals surface area contributed by atoms with Gasteiger partial charge in [0.25, 0.3) is 5.91 Å². The van der Waals surface area contributed by atoms with Gasteiger partial charge < -0.3 is 10.1 Å².